The largest absolute Gasteiger partial charge is 0.478 e. The minimum Gasteiger partial charge on any atom is -0.478 e. The molecule has 0 aliphatic carbocycles. The van der Waals surface area contributed by atoms with Crippen molar-refractivity contribution in [2.24, 2.45) is 0 Å². The predicted molar refractivity (Wildman–Crippen MR) is 146 cm³/mol. The molecule has 0 aliphatic heterocycles. The molecule has 0 aromatic rings. The number of hydrogen-bond donors (Lipinski definition) is 6. The summed E-state index contributed by atoms with van der Waals surface area (Å²) in [5, 5.41) is 47.3. The van der Waals surface area contributed by atoms with Crippen LogP contribution in [0.1, 0.15) is 55.4 Å². The van der Waals surface area contributed by atoms with Crippen molar-refractivity contribution in [3.63, 3.8) is 0 Å². The van der Waals surface area contributed by atoms with Crippen molar-refractivity contribution in [2.45, 2.75) is 55.4 Å². The van der Waals surface area contributed by atoms with Gasteiger partial charge >= 0.3 is 35.8 Å². The second-order valence-electron chi connectivity index (χ2n) is 6.51. The van der Waals surface area contributed by atoms with Crippen LogP contribution < -0.4 is 0 Å². The maximum absolute atomic E-state index is 9.60. The fourth-order valence-electron chi connectivity index (χ4n) is 0. The first-order valence-electron chi connectivity index (χ1n) is 10.2. The van der Waals surface area contributed by atoms with Crippen LogP contribution in [0, 0.1) is 0 Å². The number of rotatable bonds is 6. The van der Waals surface area contributed by atoms with E-state index in [1.54, 1.807) is 0 Å². The van der Waals surface area contributed by atoms with E-state index in [4.69, 9.17) is 30.6 Å². The Bertz CT molecular complexity index is 617. The van der Waals surface area contributed by atoms with E-state index in [9.17, 15) is 28.8 Å². The van der Waals surface area contributed by atoms with E-state index in [0.717, 1.165) is 0 Å². The molecule has 0 saturated heterocycles. The zero-order valence-corrected chi connectivity index (χ0v) is 23.4. The molecule has 0 aromatic carbocycles. The van der Waals surface area contributed by atoms with Crippen molar-refractivity contribution in [3.05, 3.63) is 72.9 Å². The van der Waals surface area contributed by atoms with E-state index in [-0.39, 0.29) is 33.4 Å². The first-order chi connectivity index (χ1) is 16.9. The Kier molecular flexibility index (Phi) is 42.6. The third-order valence-electron chi connectivity index (χ3n) is 2.19. The van der Waals surface area contributed by atoms with Gasteiger partial charge in [-0.25, -0.2) is 28.8 Å². The van der Waals surface area contributed by atoms with E-state index in [2.05, 4.69) is 39.5 Å². The van der Waals surface area contributed by atoms with E-state index in [1.165, 1.54) is 41.5 Å². The molecule has 6 N–H and O–H groups in total. The lowest BCUT2D eigenvalue weighted by atomic mass is 10.4. The Balaban J connectivity index is -0.0000000598. The SMILES string of the molecule is C=C(C)C(=O)O.C=C(C)C(=O)O.C=C(C)C(=O)O.C=C(C)C(=O)O.C=C(C)C(=O)O.C=C(C)C(=O)O.CC. The van der Waals surface area contributed by atoms with Crippen molar-refractivity contribution in [1.29, 1.82) is 0 Å². The summed E-state index contributed by atoms with van der Waals surface area (Å²) >= 11 is 0. The fourth-order valence-corrected chi connectivity index (χ4v) is 0. The van der Waals surface area contributed by atoms with Gasteiger partial charge in [-0.3, -0.25) is 0 Å². The van der Waals surface area contributed by atoms with Gasteiger partial charge in [0.2, 0.25) is 0 Å². The molecule has 0 bridgehead atoms. The van der Waals surface area contributed by atoms with Crippen molar-refractivity contribution < 1.29 is 59.4 Å². The lowest BCUT2D eigenvalue weighted by molar-refractivity contribution is -0.133. The molecule has 0 radical (unpaired) electrons. The van der Waals surface area contributed by atoms with Gasteiger partial charge < -0.3 is 30.6 Å². The van der Waals surface area contributed by atoms with Crippen LogP contribution in [-0.4, -0.2) is 66.5 Å². The summed E-state index contributed by atoms with van der Waals surface area (Å²) in [6, 6.07) is 0. The summed E-state index contributed by atoms with van der Waals surface area (Å²) < 4.78 is 0. The maximum atomic E-state index is 9.60. The normalized spacial score (nSPS) is 7.26. The smallest absolute Gasteiger partial charge is 0.330 e. The topological polar surface area (TPSA) is 224 Å². The van der Waals surface area contributed by atoms with E-state index in [1.807, 2.05) is 13.8 Å². The highest BCUT2D eigenvalue weighted by Gasteiger charge is 1.92. The molecule has 12 heteroatoms. The third-order valence-corrected chi connectivity index (χ3v) is 2.19. The monoisotopic (exact) mass is 546 g/mol. The number of carboxylic acid groups (broad SMARTS) is 6. The van der Waals surface area contributed by atoms with Gasteiger partial charge in [0.1, 0.15) is 0 Å². The average Bonchev–Trinajstić information content (AvgIpc) is 2.76. The average molecular weight is 547 g/mol. The number of hydrogen-bond acceptors (Lipinski definition) is 6. The van der Waals surface area contributed by atoms with Crippen LogP contribution in [0.2, 0.25) is 0 Å². The molecule has 0 rings (SSSR count). The number of carboxylic acids is 6. The van der Waals surface area contributed by atoms with E-state index < -0.39 is 35.8 Å². The molecule has 0 amide bonds. The van der Waals surface area contributed by atoms with Gasteiger partial charge in [-0.1, -0.05) is 53.3 Å². The van der Waals surface area contributed by atoms with E-state index in [0.29, 0.717) is 0 Å². The number of carbonyl (C=O) groups is 6. The lowest BCUT2D eigenvalue weighted by Crippen LogP contribution is -1.92. The Morgan fingerprint density at radius 2 is 0.342 bits per heavy atom. The molecular formula is C26H42O12. The maximum Gasteiger partial charge on any atom is 0.330 e. The van der Waals surface area contributed by atoms with E-state index >= 15 is 0 Å². The molecule has 0 heterocycles. The van der Waals surface area contributed by atoms with Crippen LogP contribution >= 0.6 is 0 Å². The Hall–Kier alpha value is -4.74. The van der Waals surface area contributed by atoms with Gasteiger partial charge in [-0.15, -0.1) is 0 Å². The van der Waals surface area contributed by atoms with Crippen molar-refractivity contribution in [2.75, 3.05) is 0 Å². The summed E-state index contributed by atoms with van der Waals surface area (Å²) in [6.07, 6.45) is 0. The highest BCUT2D eigenvalue weighted by Crippen LogP contribution is 1.83. The van der Waals surface area contributed by atoms with Crippen LogP contribution in [0.3, 0.4) is 0 Å². The van der Waals surface area contributed by atoms with Gasteiger partial charge in [-0.2, -0.15) is 0 Å². The van der Waals surface area contributed by atoms with Crippen LogP contribution in [0.4, 0.5) is 0 Å². The van der Waals surface area contributed by atoms with Gasteiger partial charge in [-0.05, 0) is 41.5 Å². The quantitative estimate of drug-likeness (QED) is 0.244. The first kappa shape index (κ1) is 50.2. The molecule has 0 spiro atoms. The minimum atomic E-state index is -0.935. The molecular weight excluding hydrogens is 504 g/mol. The molecule has 0 saturated carbocycles. The van der Waals surface area contributed by atoms with Crippen molar-refractivity contribution in [3.8, 4) is 0 Å². The van der Waals surface area contributed by atoms with Crippen molar-refractivity contribution in [1.82, 2.24) is 0 Å². The Labute approximate surface area is 223 Å². The highest BCUT2D eigenvalue weighted by molar-refractivity contribution is 5.86. The molecule has 0 unspecified atom stereocenters. The fraction of sp³-hybridized carbons (Fsp3) is 0.308. The molecule has 0 fully saturated rings. The van der Waals surface area contributed by atoms with Gasteiger partial charge in [0.25, 0.3) is 0 Å². The molecule has 38 heavy (non-hydrogen) atoms. The summed E-state index contributed by atoms with van der Waals surface area (Å²) in [5.74, 6) is -5.61. The lowest BCUT2D eigenvalue weighted by Gasteiger charge is -1.79. The van der Waals surface area contributed by atoms with Crippen molar-refractivity contribution >= 4 is 35.8 Å². The molecule has 0 atom stereocenters. The predicted octanol–water partition coefficient (Wildman–Crippen LogP) is 4.91. The van der Waals surface area contributed by atoms with Gasteiger partial charge in [0.05, 0.1) is 0 Å². The van der Waals surface area contributed by atoms with Gasteiger partial charge in [0.15, 0.2) is 0 Å². The Morgan fingerprint density at radius 3 is 0.342 bits per heavy atom. The first-order valence-corrected chi connectivity index (χ1v) is 10.2. The van der Waals surface area contributed by atoms with Gasteiger partial charge in [0, 0.05) is 33.4 Å². The summed E-state index contributed by atoms with van der Waals surface area (Å²) in [6.45, 7) is 31.6. The zero-order valence-electron chi connectivity index (χ0n) is 23.4. The third kappa shape index (κ3) is 77.2. The summed E-state index contributed by atoms with van der Waals surface area (Å²) in [5.41, 5.74) is 1.06. The van der Waals surface area contributed by atoms with Crippen LogP contribution in [0.15, 0.2) is 72.9 Å². The second kappa shape index (κ2) is 32.3. The highest BCUT2D eigenvalue weighted by atomic mass is 16.4. The van der Waals surface area contributed by atoms with Crippen LogP contribution in [0.5, 0.6) is 0 Å². The summed E-state index contributed by atoms with van der Waals surface area (Å²) in [7, 11) is 0. The molecule has 12 nitrogen and oxygen atoms in total. The molecule has 218 valence electrons. The molecule has 0 aromatic heterocycles. The standard InChI is InChI=1S/6C4H6O2.C2H6/c6*1-3(2)4(5)6;1-2/h6*1H2,2H3,(H,5,6);1-2H3. The van der Waals surface area contributed by atoms with Crippen LogP contribution in [0.25, 0.3) is 0 Å². The zero-order chi connectivity index (χ0) is 32.9. The second-order valence-corrected chi connectivity index (χ2v) is 6.51. The summed E-state index contributed by atoms with van der Waals surface area (Å²) in [4.78, 5) is 57.6. The van der Waals surface area contributed by atoms with Crippen LogP contribution in [-0.2, 0) is 28.8 Å². The number of aliphatic carboxylic acids is 6. The molecule has 0 aliphatic rings. The minimum absolute atomic E-state index is 0.176. The Morgan fingerprint density at radius 1 is 0.316 bits per heavy atom.